The average Bonchev–Trinajstić information content (AvgIpc) is 2.81. The van der Waals surface area contributed by atoms with E-state index in [9.17, 15) is 13.2 Å². The van der Waals surface area contributed by atoms with Gasteiger partial charge in [0, 0.05) is 25.7 Å². The number of hydrogen-bond donors (Lipinski definition) is 4. The molecular weight excluding hydrogens is 480 g/mol. The molecule has 36 heavy (non-hydrogen) atoms. The number of fused-ring (bicyclic) bond motifs is 2. The first-order valence-corrected chi connectivity index (χ1v) is 14.4. The number of nitrogens with zero attached hydrogens (tertiary/aromatic N) is 2. The largest absolute Gasteiger partial charge is 0.380 e. The summed E-state index contributed by atoms with van der Waals surface area (Å²) < 4.78 is 27.9. The third kappa shape index (κ3) is 5.78. The number of guanidine groups is 1. The number of carbonyl (C=O) groups is 1. The van der Waals surface area contributed by atoms with Crippen molar-refractivity contribution < 1.29 is 17.4 Å². The molecule has 1 amide bonds. The maximum absolute atomic E-state index is 13.9. The van der Waals surface area contributed by atoms with Crippen molar-refractivity contribution >= 4 is 22.2 Å². The normalized spacial score (nSPS) is 24.6. The van der Waals surface area contributed by atoms with Gasteiger partial charge >= 0.3 is 10.3 Å². The van der Waals surface area contributed by atoms with Crippen molar-refractivity contribution in [2.45, 2.75) is 70.4 Å². The van der Waals surface area contributed by atoms with Crippen LogP contribution >= 0.6 is 0 Å². The molecule has 1 aliphatic carbocycles. The second kappa shape index (κ2) is 10.5. The van der Waals surface area contributed by atoms with E-state index in [1.807, 2.05) is 6.07 Å². The van der Waals surface area contributed by atoms with Crippen LogP contribution in [0.1, 0.15) is 63.5 Å². The van der Waals surface area contributed by atoms with Gasteiger partial charge in [0.05, 0.1) is 5.41 Å². The lowest BCUT2D eigenvalue weighted by Gasteiger charge is -2.49. The highest BCUT2D eigenvalue weighted by molar-refractivity contribution is 7.84. The van der Waals surface area contributed by atoms with Gasteiger partial charge in [-0.3, -0.25) is 10.2 Å². The Morgan fingerprint density at radius 3 is 2.47 bits per heavy atom. The maximum atomic E-state index is 13.9. The Morgan fingerprint density at radius 1 is 1.22 bits per heavy atom. The van der Waals surface area contributed by atoms with Crippen molar-refractivity contribution in [1.29, 1.82) is 5.41 Å². The Kier molecular flexibility index (Phi) is 7.82. The average molecular weight is 521 g/mol. The lowest BCUT2D eigenvalue weighted by Crippen LogP contribution is -2.58. The van der Waals surface area contributed by atoms with Gasteiger partial charge in [0.1, 0.15) is 5.75 Å². The Labute approximate surface area is 214 Å². The number of rotatable bonds is 7. The van der Waals surface area contributed by atoms with E-state index in [1.54, 1.807) is 17.0 Å². The second-order valence-electron chi connectivity index (χ2n) is 10.9. The molecule has 200 valence electrons. The van der Waals surface area contributed by atoms with Gasteiger partial charge in [0.25, 0.3) is 0 Å². The van der Waals surface area contributed by atoms with Crippen LogP contribution in [0.4, 0.5) is 0 Å². The van der Waals surface area contributed by atoms with Crippen LogP contribution in [0.15, 0.2) is 18.2 Å². The van der Waals surface area contributed by atoms with Crippen LogP contribution < -0.4 is 20.4 Å². The molecule has 2 aliphatic heterocycles. The molecule has 0 atom stereocenters. The van der Waals surface area contributed by atoms with Gasteiger partial charge < -0.3 is 25.0 Å². The fourth-order valence-electron chi connectivity index (χ4n) is 6.44. The van der Waals surface area contributed by atoms with Crippen LogP contribution in [0.25, 0.3) is 0 Å². The lowest BCUT2D eigenvalue weighted by atomic mass is 9.67. The van der Waals surface area contributed by atoms with Crippen molar-refractivity contribution in [3.8, 4) is 5.75 Å². The van der Waals surface area contributed by atoms with Crippen molar-refractivity contribution in [2.75, 3.05) is 26.2 Å². The van der Waals surface area contributed by atoms with E-state index in [0.29, 0.717) is 25.7 Å². The SMILES string of the molecule is CC(C)[C@H]1CC[C@@H](N2CCC3(CC2)C(=O)N(CCNC(=N)N)Cc2cc(OS(N)(=O)=O)ccc23)CC1. The molecule has 3 aliphatic rings. The molecule has 1 aromatic carbocycles. The zero-order valence-electron chi connectivity index (χ0n) is 21.3. The molecule has 11 heteroatoms. The number of nitrogens with one attached hydrogen (secondary N) is 2. The fraction of sp³-hybridized carbons (Fsp3) is 0.680. The summed E-state index contributed by atoms with van der Waals surface area (Å²) in [4.78, 5) is 18.3. The Hall–Kier alpha value is -2.37. The van der Waals surface area contributed by atoms with Gasteiger partial charge in [0.2, 0.25) is 5.91 Å². The van der Waals surface area contributed by atoms with E-state index in [2.05, 4.69) is 24.1 Å². The van der Waals surface area contributed by atoms with Crippen LogP contribution in [0, 0.1) is 17.2 Å². The molecule has 1 saturated carbocycles. The summed E-state index contributed by atoms with van der Waals surface area (Å²) in [6.07, 6.45) is 6.42. The van der Waals surface area contributed by atoms with E-state index < -0.39 is 15.7 Å². The highest BCUT2D eigenvalue weighted by Gasteiger charge is 2.49. The van der Waals surface area contributed by atoms with Crippen LogP contribution in [0.3, 0.4) is 0 Å². The summed E-state index contributed by atoms with van der Waals surface area (Å²) in [5.41, 5.74) is 6.58. The molecule has 6 N–H and O–H groups in total. The van der Waals surface area contributed by atoms with Crippen LogP contribution in [-0.4, -0.2) is 62.3 Å². The van der Waals surface area contributed by atoms with Crippen molar-refractivity contribution in [3.05, 3.63) is 29.3 Å². The number of nitrogens with two attached hydrogens (primary N) is 2. The lowest BCUT2D eigenvalue weighted by molar-refractivity contribution is -0.142. The topological polar surface area (TPSA) is 155 Å². The Morgan fingerprint density at radius 2 is 1.89 bits per heavy atom. The highest BCUT2D eigenvalue weighted by atomic mass is 32.2. The first-order valence-electron chi connectivity index (χ1n) is 13.0. The maximum Gasteiger partial charge on any atom is 0.380 e. The Bertz CT molecular complexity index is 1080. The molecular formula is C25H40N6O4S. The molecule has 1 saturated heterocycles. The van der Waals surface area contributed by atoms with Crippen LogP contribution in [-0.2, 0) is 27.1 Å². The van der Waals surface area contributed by atoms with Gasteiger partial charge in [-0.1, -0.05) is 19.9 Å². The van der Waals surface area contributed by atoms with Crippen molar-refractivity contribution in [3.63, 3.8) is 0 Å². The number of benzene rings is 1. The Balaban J connectivity index is 1.55. The smallest absolute Gasteiger partial charge is 0.371 e. The first kappa shape index (κ1) is 26.7. The molecule has 0 unspecified atom stereocenters. The number of amides is 1. The minimum absolute atomic E-state index is 0.0867. The summed E-state index contributed by atoms with van der Waals surface area (Å²) in [5, 5.41) is 15.3. The van der Waals surface area contributed by atoms with Gasteiger partial charge in [0.15, 0.2) is 5.96 Å². The van der Waals surface area contributed by atoms with Gasteiger partial charge in [-0.2, -0.15) is 13.6 Å². The standard InChI is InChI=1S/C25H40N6O4S/c1-17(2)18-3-5-20(6-4-18)30-12-9-25(10-13-30)22-8-7-21(35-36(28,33)34)15-19(22)16-31(23(25)32)14-11-29-24(26)27/h7-8,15,17-18,20H,3-6,9-14,16H2,1-2H3,(H4,26,27,29)(H2,28,33,34)/t18-,20+. The van der Waals surface area contributed by atoms with Crippen LogP contribution in [0.2, 0.25) is 0 Å². The molecule has 4 rings (SSSR count). The van der Waals surface area contributed by atoms with Crippen LogP contribution in [0.5, 0.6) is 5.75 Å². The van der Waals surface area contributed by atoms with Gasteiger partial charge in [-0.25, -0.2) is 0 Å². The summed E-state index contributed by atoms with van der Waals surface area (Å²) in [7, 11) is -4.15. The number of hydrogen-bond acceptors (Lipinski definition) is 6. The van der Waals surface area contributed by atoms with E-state index in [4.69, 9.17) is 20.5 Å². The quantitative estimate of drug-likeness (QED) is 0.315. The first-order chi connectivity index (χ1) is 17.0. The van der Waals surface area contributed by atoms with E-state index in [0.717, 1.165) is 48.9 Å². The third-order valence-corrected chi connectivity index (χ3v) is 8.84. The van der Waals surface area contributed by atoms with Gasteiger partial charge in [-0.15, -0.1) is 0 Å². The van der Waals surface area contributed by atoms with Crippen molar-refractivity contribution in [2.24, 2.45) is 22.7 Å². The summed E-state index contributed by atoms with van der Waals surface area (Å²) in [6, 6.07) is 5.68. The number of carbonyl (C=O) groups excluding carboxylic acids is 1. The highest BCUT2D eigenvalue weighted by Crippen LogP contribution is 2.45. The number of likely N-dealkylation sites (tertiary alicyclic amines) is 1. The van der Waals surface area contributed by atoms with Crippen molar-refractivity contribution in [1.82, 2.24) is 15.1 Å². The molecule has 0 aromatic heterocycles. The third-order valence-electron chi connectivity index (χ3n) is 8.41. The minimum atomic E-state index is -4.15. The molecule has 2 fully saturated rings. The van der Waals surface area contributed by atoms with E-state index in [1.165, 1.54) is 25.7 Å². The zero-order valence-corrected chi connectivity index (χ0v) is 22.1. The fourth-order valence-corrected chi connectivity index (χ4v) is 6.81. The molecule has 2 heterocycles. The molecule has 0 radical (unpaired) electrons. The van der Waals surface area contributed by atoms with E-state index in [-0.39, 0.29) is 17.6 Å². The predicted octanol–water partition coefficient (Wildman–Crippen LogP) is 1.64. The summed E-state index contributed by atoms with van der Waals surface area (Å²) in [6.45, 7) is 7.44. The summed E-state index contributed by atoms with van der Waals surface area (Å²) in [5.74, 6) is 1.64. The summed E-state index contributed by atoms with van der Waals surface area (Å²) >= 11 is 0. The molecule has 10 nitrogen and oxygen atoms in total. The molecule has 1 spiro atoms. The number of piperidine rings is 1. The molecule has 0 bridgehead atoms. The van der Waals surface area contributed by atoms with E-state index >= 15 is 0 Å². The monoisotopic (exact) mass is 520 g/mol. The van der Waals surface area contributed by atoms with Gasteiger partial charge in [-0.05, 0) is 86.7 Å². The second-order valence-corrected chi connectivity index (χ2v) is 12.0. The molecule has 1 aromatic rings. The minimum Gasteiger partial charge on any atom is -0.371 e. The zero-order chi connectivity index (χ0) is 26.1. The predicted molar refractivity (Wildman–Crippen MR) is 139 cm³/mol.